The van der Waals surface area contributed by atoms with E-state index < -0.39 is 0 Å². The third-order valence-electron chi connectivity index (χ3n) is 2.83. The number of amides is 1. The van der Waals surface area contributed by atoms with Gasteiger partial charge in [-0.2, -0.15) is 0 Å². The highest BCUT2D eigenvalue weighted by Gasteiger charge is 2.02. The third kappa shape index (κ3) is 4.63. The predicted molar refractivity (Wildman–Crippen MR) is 88.5 cm³/mol. The highest BCUT2D eigenvalue weighted by Crippen LogP contribution is 2.19. The van der Waals surface area contributed by atoms with Gasteiger partial charge in [0.15, 0.2) is 0 Å². The molecule has 0 aliphatic heterocycles. The number of carbonyl (C=O) groups is 1. The van der Waals surface area contributed by atoms with Crippen molar-refractivity contribution in [1.29, 1.82) is 0 Å². The van der Waals surface area contributed by atoms with E-state index in [9.17, 15) is 4.79 Å². The molecule has 0 unspecified atom stereocenters. The molecule has 114 valence electrons. The number of carbonyl (C=O) groups excluding carboxylic acids is 1. The van der Waals surface area contributed by atoms with Gasteiger partial charge < -0.3 is 15.8 Å². The summed E-state index contributed by atoms with van der Waals surface area (Å²) in [5, 5.41) is 2.67. The second kappa shape index (κ2) is 7.83. The minimum absolute atomic E-state index is 0.262. The first-order valence-corrected chi connectivity index (χ1v) is 7.11. The van der Waals surface area contributed by atoms with E-state index >= 15 is 0 Å². The standard InChI is InChI=1S/C17H19N3O2/c1-2-11-22-15-6-4-3-5-13(15)7-10-17(21)20-16-9-8-14(18)12-19-16/h3-10,12H,2,11,18H2,1H3,(H,19,20,21)/b10-7+. The fourth-order valence-electron chi connectivity index (χ4n) is 1.77. The quantitative estimate of drug-likeness (QED) is 0.803. The summed E-state index contributed by atoms with van der Waals surface area (Å²) in [6.45, 7) is 2.69. The molecule has 1 aromatic heterocycles. The molecule has 2 rings (SSSR count). The van der Waals surface area contributed by atoms with E-state index in [4.69, 9.17) is 10.5 Å². The van der Waals surface area contributed by atoms with Crippen LogP contribution in [0.15, 0.2) is 48.7 Å². The Balaban J connectivity index is 2.01. The number of aromatic nitrogens is 1. The number of hydrogen-bond acceptors (Lipinski definition) is 4. The fourth-order valence-corrected chi connectivity index (χ4v) is 1.77. The second-order valence-corrected chi connectivity index (χ2v) is 4.69. The van der Waals surface area contributed by atoms with Crippen LogP contribution < -0.4 is 15.8 Å². The molecule has 0 aliphatic carbocycles. The number of ether oxygens (including phenoxy) is 1. The van der Waals surface area contributed by atoms with Crippen molar-refractivity contribution in [3.8, 4) is 5.75 Å². The maximum absolute atomic E-state index is 11.9. The first kappa shape index (κ1) is 15.6. The molecule has 0 radical (unpaired) electrons. The van der Waals surface area contributed by atoms with Crippen LogP contribution in [0.2, 0.25) is 0 Å². The summed E-state index contributed by atoms with van der Waals surface area (Å²) >= 11 is 0. The summed E-state index contributed by atoms with van der Waals surface area (Å²) in [6.07, 6.45) is 5.60. The molecule has 0 aliphatic rings. The van der Waals surface area contributed by atoms with Crippen molar-refractivity contribution in [2.75, 3.05) is 17.7 Å². The zero-order chi connectivity index (χ0) is 15.8. The van der Waals surface area contributed by atoms with E-state index in [1.54, 1.807) is 18.2 Å². The molecular weight excluding hydrogens is 278 g/mol. The zero-order valence-corrected chi connectivity index (χ0v) is 12.5. The van der Waals surface area contributed by atoms with Gasteiger partial charge in [0, 0.05) is 11.6 Å². The van der Waals surface area contributed by atoms with Crippen LogP contribution >= 0.6 is 0 Å². The number of nitrogens with one attached hydrogen (secondary N) is 1. The maximum Gasteiger partial charge on any atom is 0.249 e. The van der Waals surface area contributed by atoms with Crippen molar-refractivity contribution >= 4 is 23.5 Å². The molecule has 1 heterocycles. The van der Waals surface area contributed by atoms with Crippen LogP contribution in [-0.4, -0.2) is 17.5 Å². The predicted octanol–water partition coefficient (Wildman–Crippen LogP) is 3.10. The van der Waals surface area contributed by atoms with E-state index in [0.29, 0.717) is 18.1 Å². The van der Waals surface area contributed by atoms with Gasteiger partial charge in [-0.3, -0.25) is 4.79 Å². The molecule has 0 atom stereocenters. The first-order chi connectivity index (χ1) is 10.7. The van der Waals surface area contributed by atoms with Crippen LogP contribution in [0, 0.1) is 0 Å². The van der Waals surface area contributed by atoms with Crippen molar-refractivity contribution in [3.05, 3.63) is 54.2 Å². The number of nitrogens with two attached hydrogens (primary N) is 1. The molecule has 0 bridgehead atoms. The van der Waals surface area contributed by atoms with Crippen molar-refractivity contribution in [3.63, 3.8) is 0 Å². The number of hydrogen-bond donors (Lipinski definition) is 2. The molecule has 0 saturated carbocycles. The molecule has 22 heavy (non-hydrogen) atoms. The monoisotopic (exact) mass is 297 g/mol. The number of rotatable bonds is 6. The molecular formula is C17H19N3O2. The largest absolute Gasteiger partial charge is 0.493 e. The van der Waals surface area contributed by atoms with Crippen LogP contribution in [0.3, 0.4) is 0 Å². The van der Waals surface area contributed by atoms with Crippen LogP contribution in [0.25, 0.3) is 6.08 Å². The summed E-state index contributed by atoms with van der Waals surface area (Å²) in [5.74, 6) is 0.959. The average molecular weight is 297 g/mol. The minimum atomic E-state index is -0.262. The first-order valence-electron chi connectivity index (χ1n) is 7.11. The lowest BCUT2D eigenvalue weighted by Crippen LogP contribution is -2.09. The number of anilines is 2. The zero-order valence-electron chi connectivity index (χ0n) is 12.5. The van der Waals surface area contributed by atoms with Crippen LogP contribution in [0.1, 0.15) is 18.9 Å². The van der Waals surface area contributed by atoms with Crippen molar-refractivity contribution in [2.24, 2.45) is 0 Å². The minimum Gasteiger partial charge on any atom is -0.493 e. The number of benzene rings is 1. The van der Waals surface area contributed by atoms with Gasteiger partial charge in [0.25, 0.3) is 0 Å². The van der Waals surface area contributed by atoms with Gasteiger partial charge in [-0.15, -0.1) is 0 Å². The maximum atomic E-state index is 11.9. The smallest absolute Gasteiger partial charge is 0.249 e. The Morgan fingerprint density at radius 1 is 1.32 bits per heavy atom. The number of para-hydroxylation sites is 1. The molecule has 0 fully saturated rings. The topological polar surface area (TPSA) is 77.2 Å². The number of nitrogens with zero attached hydrogens (tertiary/aromatic N) is 1. The average Bonchev–Trinajstić information content (AvgIpc) is 2.54. The molecule has 5 heteroatoms. The molecule has 2 aromatic rings. The van der Waals surface area contributed by atoms with Crippen LogP contribution in [-0.2, 0) is 4.79 Å². The van der Waals surface area contributed by atoms with Gasteiger partial charge in [-0.1, -0.05) is 25.1 Å². The summed E-state index contributed by atoms with van der Waals surface area (Å²) in [6, 6.07) is 10.9. The molecule has 1 amide bonds. The molecule has 1 aromatic carbocycles. The van der Waals surface area contributed by atoms with Gasteiger partial charge in [0.05, 0.1) is 18.5 Å². The Hall–Kier alpha value is -2.82. The normalized spacial score (nSPS) is 10.6. The lowest BCUT2D eigenvalue weighted by molar-refractivity contribution is -0.111. The fraction of sp³-hybridized carbons (Fsp3) is 0.176. The second-order valence-electron chi connectivity index (χ2n) is 4.69. The van der Waals surface area contributed by atoms with E-state index in [-0.39, 0.29) is 5.91 Å². The van der Waals surface area contributed by atoms with Crippen molar-refractivity contribution in [2.45, 2.75) is 13.3 Å². The number of pyridine rings is 1. The molecule has 5 nitrogen and oxygen atoms in total. The molecule has 0 spiro atoms. The number of nitrogen functional groups attached to an aromatic ring is 1. The molecule has 3 N–H and O–H groups in total. The Morgan fingerprint density at radius 2 is 2.14 bits per heavy atom. The Morgan fingerprint density at radius 3 is 2.86 bits per heavy atom. The van der Waals surface area contributed by atoms with Crippen molar-refractivity contribution in [1.82, 2.24) is 4.98 Å². The molecule has 0 saturated heterocycles. The van der Waals surface area contributed by atoms with Gasteiger partial charge in [0.2, 0.25) is 5.91 Å². The highest BCUT2D eigenvalue weighted by molar-refractivity contribution is 6.01. The van der Waals surface area contributed by atoms with Crippen molar-refractivity contribution < 1.29 is 9.53 Å². The van der Waals surface area contributed by atoms with Gasteiger partial charge in [0.1, 0.15) is 11.6 Å². The van der Waals surface area contributed by atoms with Gasteiger partial charge in [-0.05, 0) is 30.7 Å². The highest BCUT2D eigenvalue weighted by atomic mass is 16.5. The van der Waals surface area contributed by atoms with E-state index in [0.717, 1.165) is 17.7 Å². The summed E-state index contributed by atoms with van der Waals surface area (Å²) < 4.78 is 5.64. The van der Waals surface area contributed by atoms with E-state index in [2.05, 4.69) is 10.3 Å². The summed E-state index contributed by atoms with van der Waals surface area (Å²) in [7, 11) is 0. The van der Waals surface area contributed by atoms with E-state index in [1.165, 1.54) is 12.3 Å². The summed E-state index contributed by atoms with van der Waals surface area (Å²) in [5.41, 5.74) is 6.95. The lowest BCUT2D eigenvalue weighted by Gasteiger charge is -2.07. The van der Waals surface area contributed by atoms with Gasteiger partial charge in [-0.25, -0.2) is 4.98 Å². The van der Waals surface area contributed by atoms with Crippen LogP contribution in [0.4, 0.5) is 11.5 Å². The SMILES string of the molecule is CCCOc1ccccc1/C=C/C(=O)Nc1ccc(N)cn1. The van der Waals surface area contributed by atoms with Crippen LogP contribution in [0.5, 0.6) is 5.75 Å². The summed E-state index contributed by atoms with van der Waals surface area (Å²) in [4.78, 5) is 15.9. The van der Waals surface area contributed by atoms with Gasteiger partial charge >= 0.3 is 0 Å². The third-order valence-corrected chi connectivity index (χ3v) is 2.83. The lowest BCUT2D eigenvalue weighted by atomic mass is 10.2. The Labute approximate surface area is 129 Å². The van der Waals surface area contributed by atoms with E-state index in [1.807, 2.05) is 31.2 Å². The Bertz CT molecular complexity index is 651. The Kier molecular flexibility index (Phi) is 5.54.